The lowest BCUT2D eigenvalue weighted by Crippen LogP contribution is -2.30. The summed E-state index contributed by atoms with van der Waals surface area (Å²) >= 11 is 24.4. The summed E-state index contributed by atoms with van der Waals surface area (Å²) in [6.45, 7) is 5.19. The van der Waals surface area contributed by atoms with E-state index in [0.29, 0.717) is 34.3 Å². The number of fused-ring (bicyclic) bond motifs is 2. The lowest BCUT2D eigenvalue weighted by Gasteiger charge is -2.22. The molecule has 0 saturated heterocycles. The van der Waals surface area contributed by atoms with Crippen LogP contribution in [0.25, 0.3) is 0 Å². The van der Waals surface area contributed by atoms with Gasteiger partial charge in [0.25, 0.3) is 5.56 Å². The average molecular weight is 688 g/mol. The third-order valence-electron chi connectivity index (χ3n) is 8.24. The molecule has 0 spiro atoms. The van der Waals surface area contributed by atoms with Gasteiger partial charge in [0.05, 0.1) is 42.1 Å². The normalized spacial score (nSPS) is 16.5. The first-order valence-electron chi connectivity index (χ1n) is 14.2. The Morgan fingerprint density at radius 2 is 1.31 bits per heavy atom. The first-order chi connectivity index (χ1) is 21.5. The minimum Gasteiger partial charge on any atom is -0.480 e. The Bertz CT molecular complexity index is 1830. The fraction of sp³-hybridized carbons (Fsp3) is 0.273. The Morgan fingerprint density at radius 3 is 1.80 bits per heavy atom. The molecule has 0 aliphatic carbocycles. The van der Waals surface area contributed by atoms with Gasteiger partial charge in [-0.15, -0.1) is 0 Å². The smallest absolute Gasteiger partial charge is 0.267 e. The summed E-state index contributed by atoms with van der Waals surface area (Å²) in [5, 5.41) is 0.929. The van der Waals surface area contributed by atoms with Crippen molar-refractivity contribution in [2.45, 2.75) is 51.9 Å². The van der Waals surface area contributed by atoms with E-state index in [-0.39, 0.29) is 52.7 Å². The van der Waals surface area contributed by atoms with Gasteiger partial charge in [-0.2, -0.15) is 0 Å². The van der Waals surface area contributed by atoms with E-state index in [2.05, 4.69) is 22.1 Å². The minimum absolute atomic E-state index is 0.00301. The number of ether oxygens (including phenoxy) is 1. The largest absolute Gasteiger partial charge is 0.480 e. The molecular weight excluding hydrogens is 658 g/mol. The number of amides is 2. The second kappa shape index (κ2) is 13.8. The third-order valence-corrected chi connectivity index (χ3v) is 9.69. The van der Waals surface area contributed by atoms with E-state index >= 15 is 0 Å². The molecule has 0 fully saturated rings. The van der Waals surface area contributed by atoms with Crippen molar-refractivity contribution < 1.29 is 14.3 Å². The van der Waals surface area contributed by atoms with Gasteiger partial charge >= 0.3 is 0 Å². The third kappa shape index (κ3) is 6.70. The number of pyridine rings is 2. The van der Waals surface area contributed by atoms with E-state index in [9.17, 15) is 14.4 Å². The van der Waals surface area contributed by atoms with E-state index in [1.165, 1.54) is 30.6 Å². The molecule has 4 heterocycles. The maximum atomic E-state index is 12.7. The van der Waals surface area contributed by atoms with Crippen LogP contribution in [0.3, 0.4) is 0 Å². The molecule has 2 aliphatic heterocycles. The van der Waals surface area contributed by atoms with E-state index in [1.54, 1.807) is 4.90 Å². The molecule has 0 unspecified atom stereocenters. The zero-order valence-electron chi connectivity index (χ0n) is 24.7. The predicted octanol–water partition coefficient (Wildman–Crippen LogP) is 7.37. The van der Waals surface area contributed by atoms with Crippen molar-refractivity contribution in [1.82, 2.24) is 19.8 Å². The second-order valence-corrected chi connectivity index (χ2v) is 12.4. The van der Waals surface area contributed by atoms with Crippen molar-refractivity contribution in [3.8, 4) is 5.88 Å². The molecule has 2 aromatic carbocycles. The Balaban J connectivity index is 0.000000178. The number of aromatic nitrogens is 2. The molecule has 0 radical (unpaired) electrons. The highest BCUT2D eigenvalue weighted by Crippen LogP contribution is 2.37. The van der Waals surface area contributed by atoms with Crippen molar-refractivity contribution in [3.63, 3.8) is 0 Å². The van der Waals surface area contributed by atoms with Crippen LogP contribution in [0.5, 0.6) is 5.88 Å². The van der Waals surface area contributed by atoms with E-state index in [0.717, 1.165) is 11.1 Å². The first kappa shape index (κ1) is 32.8. The van der Waals surface area contributed by atoms with Crippen molar-refractivity contribution in [2.75, 3.05) is 7.11 Å². The fourth-order valence-electron chi connectivity index (χ4n) is 5.73. The molecular formula is C33H30Cl4N4O4. The van der Waals surface area contributed by atoms with Crippen molar-refractivity contribution in [2.24, 2.45) is 0 Å². The number of nitrogens with one attached hydrogen (secondary N) is 1. The number of hydrogen-bond donors (Lipinski definition) is 1. The van der Waals surface area contributed by atoms with Crippen molar-refractivity contribution in [3.05, 3.63) is 125 Å². The molecule has 2 amide bonds. The van der Waals surface area contributed by atoms with E-state index in [1.807, 2.05) is 55.1 Å². The Kier molecular flexibility index (Phi) is 10.1. The summed E-state index contributed by atoms with van der Waals surface area (Å²) < 4.78 is 5.09. The number of rotatable bonds is 5. The first-order valence-corrected chi connectivity index (χ1v) is 15.7. The number of carbonyl (C=O) groups excluding carboxylic acids is 2. The van der Waals surface area contributed by atoms with Gasteiger partial charge in [0.1, 0.15) is 10.0 Å². The molecule has 0 saturated carbocycles. The van der Waals surface area contributed by atoms with Crippen LogP contribution in [0.2, 0.25) is 20.1 Å². The van der Waals surface area contributed by atoms with E-state index in [4.69, 9.17) is 51.1 Å². The van der Waals surface area contributed by atoms with Crippen molar-refractivity contribution in [1.29, 1.82) is 0 Å². The quantitative estimate of drug-likeness (QED) is 0.236. The lowest BCUT2D eigenvalue weighted by molar-refractivity contribution is -0.133. The number of carbonyl (C=O) groups is 2. The summed E-state index contributed by atoms with van der Waals surface area (Å²) in [5.74, 6) is 0.153. The Labute approximate surface area is 280 Å². The molecule has 2 aliphatic rings. The van der Waals surface area contributed by atoms with Crippen LogP contribution < -0.4 is 10.3 Å². The highest BCUT2D eigenvalue weighted by molar-refractivity contribution is 6.37. The van der Waals surface area contributed by atoms with Crippen LogP contribution in [-0.4, -0.2) is 38.7 Å². The predicted molar refractivity (Wildman–Crippen MR) is 176 cm³/mol. The maximum absolute atomic E-state index is 12.7. The molecule has 2 aromatic heterocycles. The molecule has 2 atom stereocenters. The van der Waals surface area contributed by atoms with E-state index < -0.39 is 5.56 Å². The number of methoxy groups -OCH3 is 1. The monoisotopic (exact) mass is 686 g/mol. The minimum atomic E-state index is -0.438. The van der Waals surface area contributed by atoms with Crippen LogP contribution in [0.15, 0.2) is 65.7 Å². The Morgan fingerprint density at radius 1 is 0.822 bits per heavy atom. The molecule has 1 N–H and O–H groups in total. The van der Waals surface area contributed by atoms with Gasteiger partial charge in [-0.3, -0.25) is 14.4 Å². The van der Waals surface area contributed by atoms with Gasteiger partial charge in [-0.1, -0.05) is 94.9 Å². The standard InChI is InChI=1S/C17H16Cl2N2O2.C16H14Cl2N2O2/c1-10-12-6-4-3-5-11(12)9-21(10)15(22)7-13-14(18)8-20-17(23-2)16(13)19;1-9-11-5-3-2-4-10(11)8-20(9)14(21)6-12-13(17)7-19-16(22)15(12)18/h3-6,8,10H,7,9H2,1-2H3;2-5,7,9H,6,8H2,1H3,(H,19,22)/t10-;9-/m00/s1. The SMILES string of the molecule is COc1ncc(Cl)c(CC(=O)N2Cc3ccccc3[C@@H]2C)c1Cl.C[C@H]1c2ccccc2CN1C(=O)Cc1c(Cl)c[nH]c(=O)c1Cl. The number of halogens is 4. The molecule has 234 valence electrons. The van der Waals surface area contributed by atoms with Crippen LogP contribution >= 0.6 is 46.4 Å². The van der Waals surface area contributed by atoms with Gasteiger partial charge < -0.3 is 19.5 Å². The van der Waals surface area contributed by atoms with Crippen LogP contribution in [0, 0.1) is 0 Å². The summed E-state index contributed by atoms with van der Waals surface area (Å²) in [6.07, 6.45) is 2.95. The van der Waals surface area contributed by atoms with Gasteiger partial charge in [-0.25, -0.2) is 4.98 Å². The highest BCUT2D eigenvalue weighted by Gasteiger charge is 2.32. The molecule has 45 heavy (non-hydrogen) atoms. The van der Waals surface area contributed by atoms with Crippen LogP contribution in [0.1, 0.15) is 59.3 Å². The van der Waals surface area contributed by atoms with Gasteiger partial charge in [0.2, 0.25) is 17.7 Å². The topological polar surface area (TPSA) is 95.6 Å². The number of aromatic amines is 1. The summed E-state index contributed by atoms with van der Waals surface area (Å²) in [5.41, 5.74) is 5.15. The maximum Gasteiger partial charge on any atom is 0.267 e. The lowest BCUT2D eigenvalue weighted by atomic mass is 10.1. The molecule has 4 aromatic rings. The van der Waals surface area contributed by atoms with Crippen LogP contribution in [-0.2, 0) is 35.5 Å². The summed E-state index contributed by atoms with van der Waals surface area (Å²) in [7, 11) is 1.48. The summed E-state index contributed by atoms with van der Waals surface area (Å²) in [4.78, 5) is 47.0. The molecule has 8 nitrogen and oxygen atoms in total. The van der Waals surface area contributed by atoms with Crippen molar-refractivity contribution >= 4 is 58.2 Å². The molecule has 0 bridgehead atoms. The Hall–Kier alpha value is -3.56. The van der Waals surface area contributed by atoms with Gasteiger partial charge in [-0.05, 0) is 36.1 Å². The molecule has 12 heteroatoms. The van der Waals surface area contributed by atoms with Gasteiger partial charge in [0, 0.05) is 36.6 Å². The average Bonchev–Trinajstić information content (AvgIpc) is 3.56. The number of H-pyrrole nitrogens is 1. The zero-order valence-corrected chi connectivity index (χ0v) is 27.8. The number of hydrogen-bond acceptors (Lipinski definition) is 5. The highest BCUT2D eigenvalue weighted by atomic mass is 35.5. The fourth-order valence-corrected chi connectivity index (χ4v) is 6.77. The number of benzene rings is 2. The summed E-state index contributed by atoms with van der Waals surface area (Å²) in [6, 6.07) is 16.1. The molecule has 6 rings (SSSR count). The zero-order chi connectivity index (χ0) is 32.4. The number of nitrogens with zero attached hydrogens (tertiary/aromatic N) is 3. The van der Waals surface area contributed by atoms with Gasteiger partial charge in [0.15, 0.2) is 0 Å². The second-order valence-electron chi connectivity index (χ2n) is 10.8. The van der Waals surface area contributed by atoms with Crippen LogP contribution in [0.4, 0.5) is 0 Å².